The largest absolute Gasteiger partial charge is 0.493 e. The Morgan fingerprint density at radius 1 is 0.932 bits per heavy atom. The first kappa shape index (κ1) is 33.4. The van der Waals surface area contributed by atoms with Crippen LogP contribution in [0.3, 0.4) is 0 Å². The van der Waals surface area contributed by atoms with Crippen molar-refractivity contribution in [1.82, 2.24) is 10.2 Å². The van der Waals surface area contributed by atoms with E-state index in [-0.39, 0.29) is 29.1 Å². The molecule has 1 aliphatic carbocycles. The van der Waals surface area contributed by atoms with E-state index in [0.717, 1.165) is 35.6 Å². The number of rotatable bonds is 12. The molecular formula is C32H37Cl2N3O6S. The van der Waals surface area contributed by atoms with E-state index in [1.54, 1.807) is 49.4 Å². The second kappa shape index (κ2) is 14.5. The molecule has 1 atom stereocenters. The summed E-state index contributed by atoms with van der Waals surface area (Å²) in [5.74, 6) is -0.216. The molecular weight excluding hydrogens is 625 g/mol. The highest BCUT2D eigenvalue weighted by molar-refractivity contribution is 7.92. The molecule has 1 saturated carbocycles. The van der Waals surface area contributed by atoms with Gasteiger partial charge in [-0.05, 0) is 68.7 Å². The van der Waals surface area contributed by atoms with Crippen LogP contribution in [-0.2, 0) is 26.2 Å². The lowest BCUT2D eigenvalue weighted by Crippen LogP contribution is -2.52. The molecule has 12 heteroatoms. The van der Waals surface area contributed by atoms with Crippen molar-refractivity contribution in [2.75, 3.05) is 25.1 Å². The minimum Gasteiger partial charge on any atom is -0.493 e. The summed E-state index contributed by atoms with van der Waals surface area (Å²) in [6.45, 7) is 2.90. The molecule has 1 unspecified atom stereocenters. The topological polar surface area (TPSA) is 105 Å². The van der Waals surface area contributed by atoms with Crippen LogP contribution in [0.25, 0.3) is 0 Å². The van der Waals surface area contributed by atoms with E-state index < -0.39 is 28.5 Å². The third kappa shape index (κ3) is 7.78. The number of halogens is 2. The number of aryl methyl sites for hydroxylation is 1. The summed E-state index contributed by atoms with van der Waals surface area (Å²) in [6, 6.07) is 15.1. The van der Waals surface area contributed by atoms with Crippen molar-refractivity contribution < 1.29 is 27.5 Å². The number of hydrogen-bond donors (Lipinski definition) is 1. The van der Waals surface area contributed by atoms with E-state index >= 15 is 0 Å². The molecule has 1 N–H and O–H groups in total. The summed E-state index contributed by atoms with van der Waals surface area (Å²) in [4.78, 5) is 29.0. The Bertz CT molecular complexity index is 1590. The number of benzene rings is 3. The number of amides is 2. The number of anilines is 1. The van der Waals surface area contributed by atoms with Crippen molar-refractivity contribution in [3.8, 4) is 11.5 Å². The van der Waals surface area contributed by atoms with E-state index in [0.29, 0.717) is 27.1 Å². The molecule has 2 amide bonds. The fourth-order valence-electron chi connectivity index (χ4n) is 5.16. The molecule has 0 heterocycles. The number of hydrogen-bond acceptors (Lipinski definition) is 6. The van der Waals surface area contributed by atoms with Crippen molar-refractivity contribution in [3.63, 3.8) is 0 Å². The Morgan fingerprint density at radius 2 is 1.59 bits per heavy atom. The first-order valence-electron chi connectivity index (χ1n) is 14.3. The van der Waals surface area contributed by atoms with Crippen LogP contribution in [0.2, 0.25) is 10.0 Å². The van der Waals surface area contributed by atoms with Gasteiger partial charge < -0.3 is 19.7 Å². The number of carbonyl (C=O) groups is 2. The molecule has 1 fully saturated rings. The molecule has 0 aromatic heterocycles. The molecule has 4 rings (SSSR count). The Morgan fingerprint density at radius 3 is 2.20 bits per heavy atom. The van der Waals surface area contributed by atoms with Gasteiger partial charge in [-0.2, -0.15) is 0 Å². The van der Waals surface area contributed by atoms with Gasteiger partial charge in [0.1, 0.15) is 12.6 Å². The normalized spacial score (nSPS) is 14.1. The zero-order valence-corrected chi connectivity index (χ0v) is 27.5. The van der Waals surface area contributed by atoms with E-state index in [1.165, 1.54) is 37.3 Å². The summed E-state index contributed by atoms with van der Waals surface area (Å²) < 4.78 is 40.0. The lowest BCUT2D eigenvalue weighted by molar-refractivity contribution is -0.139. The van der Waals surface area contributed by atoms with Gasteiger partial charge in [-0.25, -0.2) is 8.42 Å². The SMILES string of the molecule is COc1ccc(N(CC(=O)N(Cc2ccc(Cl)c(Cl)c2)C(C)C(=O)NC2CCCC2)S(=O)(=O)c2ccc(C)cc2)cc1OC. The lowest BCUT2D eigenvalue weighted by Gasteiger charge is -2.32. The molecule has 1 aliphatic rings. The number of methoxy groups -OCH3 is 2. The number of ether oxygens (including phenoxy) is 2. The molecule has 0 bridgehead atoms. The van der Waals surface area contributed by atoms with Crippen molar-refractivity contribution in [3.05, 3.63) is 81.8 Å². The molecule has 0 radical (unpaired) electrons. The standard InChI is InChI=1S/C32H37Cl2N3O6S/c1-21-9-13-26(14-10-21)44(40,41)37(25-12-16-29(42-3)30(18-25)43-4)20-31(38)36(19-23-11-15-27(33)28(34)17-23)22(2)32(39)35-24-7-5-6-8-24/h9-18,22,24H,5-8,19-20H2,1-4H3,(H,35,39). The molecule has 0 spiro atoms. The average molecular weight is 663 g/mol. The summed E-state index contributed by atoms with van der Waals surface area (Å²) in [5.41, 5.74) is 1.70. The summed E-state index contributed by atoms with van der Waals surface area (Å²) in [6.07, 6.45) is 3.81. The third-order valence-electron chi connectivity index (χ3n) is 7.75. The Kier molecular flexibility index (Phi) is 11.0. The maximum atomic E-state index is 14.2. The van der Waals surface area contributed by atoms with Crippen LogP contribution in [0.4, 0.5) is 5.69 Å². The fraction of sp³-hybridized carbons (Fsp3) is 0.375. The summed E-state index contributed by atoms with van der Waals surface area (Å²) in [7, 11) is -1.33. The zero-order chi connectivity index (χ0) is 32.0. The molecule has 0 saturated heterocycles. The van der Waals surface area contributed by atoms with Crippen LogP contribution < -0.4 is 19.1 Å². The van der Waals surface area contributed by atoms with Gasteiger partial charge >= 0.3 is 0 Å². The van der Waals surface area contributed by atoms with Gasteiger partial charge in [-0.1, -0.05) is 59.8 Å². The number of carbonyl (C=O) groups excluding carboxylic acids is 2. The number of sulfonamides is 1. The number of nitrogens with one attached hydrogen (secondary N) is 1. The van der Waals surface area contributed by atoms with E-state index in [9.17, 15) is 18.0 Å². The van der Waals surface area contributed by atoms with Gasteiger partial charge in [0.2, 0.25) is 11.8 Å². The smallest absolute Gasteiger partial charge is 0.264 e. The second-order valence-corrected chi connectivity index (χ2v) is 13.5. The molecule has 9 nitrogen and oxygen atoms in total. The molecule has 44 heavy (non-hydrogen) atoms. The lowest BCUT2D eigenvalue weighted by atomic mass is 10.1. The van der Waals surface area contributed by atoms with Crippen LogP contribution >= 0.6 is 23.2 Å². The fourth-order valence-corrected chi connectivity index (χ4v) is 6.88. The predicted molar refractivity (Wildman–Crippen MR) is 172 cm³/mol. The van der Waals surface area contributed by atoms with E-state index in [4.69, 9.17) is 32.7 Å². The van der Waals surface area contributed by atoms with Crippen LogP contribution in [0.5, 0.6) is 11.5 Å². The Hall–Kier alpha value is -3.47. The maximum Gasteiger partial charge on any atom is 0.264 e. The molecule has 236 valence electrons. The van der Waals surface area contributed by atoms with E-state index in [2.05, 4.69) is 5.32 Å². The van der Waals surface area contributed by atoms with Crippen LogP contribution in [0.15, 0.2) is 65.6 Å². The van der Waals surface area contributed by atoms with Gasteiger partial charge in [0.25, 0.3) is 10.0 Å². The maximum absolute atomic E-state index is 14.2. The van der Waals surface area contributed by atoms with Gasteiger partial charge in [0, 0.05) is 18.7 Å². The van der Waals surface area contributed by atoms with Gasteiger partial charge in [-0.15, -0.1) is 0 Å². The van der Waals surface area contributed by atoms with Crippen molar-refractivity contribution >= 4 is 50.7 Å². The molecule has 3 aromatic rings. The van der Waals surface area contributed by atoms with E-state index in [1.807, 2.05) is 6.92 Å². The van der Waals surface area contributed by atoms with Crippen LogP contribution in [0, 0.1) is 6.92 Å². The van der Waals surface area contributed by atoms with Gasteiger partial charge in [-0.3, -0.25) is 13.9 Å². The highest BCUT2D eigenvalue weighted by Gasteiger charge is 2.34. The highest BCUT2D eigenvalue weighted by atomic mass is 35.5. The minimum atomic E-state index is -4.24. The quantitative estimate of drug-likeness (QED) is 0.256. The molecule has 0 aliphatic heterocycles. The summed E-state index contributed by atoms with van der Waals surface area (Å²) in [5, 5.41) is 3.70. The minimum absolute atomic E-state index is 0.000666. The third-order valence-corrected chi connectivity index (χ3v) is 10.3. The average Bonchev–Trinajstić information content (AvgIpc) is 3.52. The summed E-state index contributed by atoms with van der Waals surface area (Å²) >= 11 is 12.4. The van der Waals surface area contributed by atoms with Crippen LogP contribution in [0.1, 0.15) is 43.7 Å². The van der Waals surface area contributed by atoms with Gasteiger partial charge in [0.15, 0.2) is 11.5 Å². The zero-order valence-electron chi connectivity index (χ0n) is 25.2. The van der Waals surface area contributed by atoms with Crippen molar-refractivity contribution in [1.29, 1.82) is 0 Å². The van der Waals surface area contributed by atoms with Crippen LogP contribution in [-0.4, -0.2) is 58.0 Å². The Labute approximate surface area is 269 Å². The first-order chi connectivity index (χ1) is 20.9. The van der Waals surface area contributed by atoms with Crippen molar-refractivity contribution in [2.24, 2.45) is 0 Å². The Balaban J connectivity index is 1.74. The monoisotopic (exact) mass is 661 g/mol. The predicted octanol–water partition coefficient (Wildman–Crippen LogP) is 5.99. The first-order valence-corrected chi connectivity index (χ1v) is 16.5. The van der Waals surface area contributed by atoms with Crippen molar-refractivity contribution in [2.45, 2.75) is 63.1 Å². The molecule has 3 aromatic carbocycles. The second-order valence-electron chi connectivity index (χ2n) is 10.8. The highest BCUT2D eigenvalue weighted by Crippen LogP contribution is 2.34. The van der Waals surface area contributed by atoms with Gasteiger partial charge in [0.05, 0.1) is 34.8 Å². The number of nitrogens with zero attached hydrogens (tertiary/aromatic N) is 2.